The second-order valence-corrected chi connectivity index (χ2v) is 7.48. The topological polar surface area (TPSA) is 59.2 Å². The minimum absolute atomic E-state index is 0.205. The number of aromatic nitrogens is 2. The van der Waals surface area contributed by atoms with Crippen LogP contribution in [-0.4, -0.2) is 34.1 Å². The molecule has 0 spiro atoms. The number of hydrogen-bond acceptors (Lipinski definition) is 6. The molecule has 1 aliphatic heterocycles. The second-order valence-electron chi connectivity index (χ2n) is 5.92. The van der Waals surface area contributed by atoms with Crippen molar-refractivity contribution in [1.82, 2.24) is 15.1 Å². The van der Waals surface area contributed by atoms with Crippen LogP contribution in [0, 0.1) is 0 Å². The SMILES string of the molecule is O=C(Cc1ccsc1)N1CCC(c2nnc(-c3ccsc3)o2)CC1. The average molecular weight is 359 g/mol. The maximum Gasteiger partial charge on any atom is 0.248 e. The number of amides is 1. The molecule has 24 heavy (non-hydrogen) atoms. The van der Waals surface area contributed by atoms with Gasteiger partial charge in [0, 0.05) is 30.0 Å². The fraction of sp³-hybridized carbons (Fsp3) is 0.353. The van der Waals surface area contributed by atoms with E-state index in [1.807, 2.05) is 38.6 Å². The van der Waals surface area contributed by atoms with Crippen molar-refractivity contribution in [3.05, 3.63) is 45.1 Å². The molecule has 0 aliphatic carbocycles. The summed E-state index contributed by atoms with van der Waals surface area (Å²) in [5, 5.41) is 16.4. The molecule has 0 aromatic carbocycles. The molecule has 0 radical (unpaired) electrons. The van der Waals surface area contributed by atoms with Crippen LogP contribution in [-0.2, 0) is 11.2 Å². The van der Waals surface area contributed by atoms with E-state index in [9.17, 15) is 4.79 Å². The summed E-state index contributed by atoms with van der Waals surface area (Å²) in [6, 6.07) is 3.99. The van der Waals surface area contributed by atoms with Gasteiger partial charge in [0.25, 0.3) is 0 Å². The predicted molar refractivity (Wildman–Crippen MR) is 94.2 cm³/mol. The van der Waals surface area contributed by atoms with E-state index in [0.29, 0.717) is 18.2 Å². The Balaban J connectivity index is 1.35. The van der Waals surface area contributed by atoms with Crippen molar-refractivity contribution < 1.29 is 9.21 Å². The fourth-order valence-corrected chi connectivity index (χ4v) is 4.26. The molecule has 3 aromatic rings. The molecule has 0 N–H and O–H groups in total. The van der Waals surface area contributed by atoms with Crippen LogP contribution in [0.25, 0.3) is 11.5 Å². The maximum absolute atomic E-state index is 12.3. The molecule has 0 unspecified atom stereocenters. The lowest BCUT2D eigenvalue weighted by Gasteiger charge is -2.30. The molecular formula is C17H17N3O2S2. The number of hydrogen-bond donors (Lipinski definition) is 0. The first-order chi connectivity index (χ1) is 11.8. The van der Waals surface area contributed by atoms with Crippen molar-refractivity contribution in [1.29, 1.82) is 0 Å². The van der Waals surface area contributed by atoms with Crippen molar-refractivity contribution in [2.75, 3.05) is 13.1 Å². The third kappa shape index (κ3) is 3.27. The zero-order valence-corrected chi connectivity index (χ0v) is 14.7. The van der Waals surface area contributed by atoms with Crippen molar-refractivity contribution in [3.63, 3.8) is 0 Å². The summed E-state index contributed by atoms with van der Waals surface area (Å²) < 4.78 is 5.83. The Morgan fingerprint density at radius 3 is 2.67 bits per heavy atom. The summed E-state index contributed by atoms with van der Waals surface area (Å²) >= 11 is 3.24. The van der Waals surface area contributed by atoms with Gasteiger partial charge in [0.2, 0.25) is 17.7 Å². The van der Waals surface area contributed by atoms with Crippen LogP contribution in [0.4, 0.5) is 0 Å². The Morgan fingerprint density at radius 2 is 1.96 bits per heavy atom. The average Bonchev–Trinajstić information content (AvgIpc) is 3.36. The molecule has 7 heteroatoms. The zero-order valence-electron chi connectivity index (χ0n) is 13.1. The van der Waals surface area contributed by atoms with E-state index in [2.05, 4.69) is 10.2 Å². The molecule has 0 atom stereocenters. The monoisotopic (exact) mass is 359 g/mol. The maximum atomic E-state index is 12.3. The van der Waals surface area contributed by atoms with Crippen molar-refractivity contribution >= 4 is 28.6 Å². The first-order valence-electron chi connectivity index (χ1n) is 7.94. The minimum Gasteiger partial charge on any atom is -0.420 e. The molecule has 1 amide bonds. The Morgan fingerprint density at radius 1 is 1.17 bits per heavy atom. The van der Waals surface area contributed by atoms with Gasteiger partial charge >= 0.3 is 0 Å². The predicted octanol–water partition coefficient (Wildman–Crippen LogP) is 3.81. The van der Waals surface area contributed by atoms with Gasteiger partial charge in [0.1, 0.15) is 0 Å². The fourth-order valence-electron chi connectivity index (χ4n) is 2.96. The van der Waals surface area contributed by atoms with Crippen LogP contribution in [0.2, 0.25) is 0 Å². The molecule has 1 saturated heterocycles. The highest BCUT2D eigenvalue weighted by molar-refractivity contribution is 7.08. The van der Waals surface area contributed by atoms with E-state index in [-0.39, 0.29) is 11.8 Å². The van der Waals surface area contributed by atoms with E-state index in [0.717, 1.165) is 37.1 Å². The van der Waals surface area contributed by atoms with Gasteiger partial charge in [-0.2, -0.15) is 22.7 Å². The van der Waals surface area contributed by atoms with Crippen molar-refractivity contribution in [2.24, 2.45) is 0 Å². The first-order valence-corrected chi connectivity index (χ1v) is 9.83. The highest BCUT2D eigenvalue weighted by Gasteiger charge is 2.27. The normalized spacial score (nSPS) is 15.8. The molecule has 124 valence electrons. The Hall–Kier alpha value is -1.99. The lowest BCUT2D eigenvalue weighted by Crippen LogP contribution is -2.38. The van der Waals surface area contributed by atoms with Crippen LogP contribution in [0.15, 0.2) is 38.1 Å². The first kappa shape index (κ1) is 15.5. The van der Waals surface area contributed by atoms with Crippen LogP contribution in [0.3, 0.4) is 0 Å². The van der Waals surface area contributed by atoms with Crippen LogP contribution in [0.1, 0.15) is 30.2 Å². The smallest absolute Gasteiger partial charge is 0.248 e. The molecule has 0 saturated carbocycles. The number of likely N-dealkylation sites (tertiary alicyclic amines) is 1. The quantitative estimate of drug-likeness (QED) is 0.711. The molecular weight excluding hydrogens is 342 g/mol. The third-order valence-electron chi connectivity index (χ3n) is 4.34. The lowest BCUT2D eigenvalue weighted by molar-refractivity contribution is -0.131. The summed E-state index contributed by atoms with van der Waals surface area (Å²) in [5.41, 5.74) is 2.08. The molecule has 3 aromatic heterocycles. The summed E-state index contributed by atoms with van der Waals surface area (Å²) in [6.07, 6.45) is 2.25. The van der Waals surface area contributed by atoms with E-state index in [1.165, 1.54) is 0 Å². The van der Waals surface area contributed by atoms with Gasteiger partial charge in [-0.3, -0.25) is 4.79 Å². The van der Waals surface area contributed by atoms with Gasteiger partial charge in [-0.1, -0.05) is 0 Å². The van der Waals surface area contributed by atoms with Crippen molar-refractivity contribution in [2.45, 2.75) is 25.2 Å². The van der Waals surface area contributed by atoms with Gasteiger partial charge in [-0.15, -0.1) is 10.2 Å². The van der Waals surface area contributed by atoms with Gasteiger partial charge < -0.3 is 9.32 Å². The highest BCUT2D eigenvalue weighted by atomic mass is 32.1. The summed E-state index contributed by atoms with van der Waals surface area (Å²) in [6.45, 7) is 1.51. The second kappa shape index (κ2) is 6.86. The highest BCUT2D eigenvalue weighted by Crippen LogP contribution is 2.30. The van der Waals surface area contributed by atoms with Gasteiger partial charge in [-0.05, 0) is 46.7 Å². The molecule has 4 rings (SSSR count). The number of rotatable bonds is 4. The zero-order chi connectivity index (χ0) is 16.4. The number of carbonyl (C=O) groups is 1. The number of piperidine rings is 1. The summed E-state index contributed by atoms with van der Waals surface area (Å²) in [7, 11) is 0. The lowest BCUT2D eigenvalue weighted by atomic mass is 9.96. The number of nitrogens with zero attached hydrogens (tertiary/aromatic N) is 3. The third-order valence-corrected chi connectivity index (χ3v) is 5.76. The van der Waals surface area contributed by atoms with Crippen LogP contribution < -0.4 is 0 Å². The van der Waals surface area contributed by atoms with Crippen LogP contribution in [0.5, 0.6) is 0 Å². The van der Waals surface area contributed by atoms with Crippen molar-refractivity contribution in [3.8, 4) is 11.5 Å². The summed E-state index contributed by atoms with van der Waals surface area (Å²) in [5.74, 6) is 1.73. The molecule has 0 bridgehead atoms. The molecule has 1 fully saturated rings. The van der Waals surface area contributed by atoms with Gasteiger partial charge in [0.15, 0.2) is 0 Å². The van der Waals surface area contributed by atoms with E-state index in [1.54, 1.807) is 22.7 Å². The number of carbonyl (C=O) groups excluding carboxylic acids is 1. The van der Waals surface area contributed by atoms with E-state index < -0.39 is 0 Å². The Labute approximate surface area is 147 Å². The van der Waals surface area contributed by atoms with E-state index >= 15 is 0 Å². The summed E-state index contributed by atoms with van der Waals surface area (Å²) in [4.78, 5) is 14.3. The molecule has 1 aliphatic rings. The van der Waals surface area contributed by atoms with E-state index in [4.69, 9.17) is 4.42 Å². The van der Waals surface area contributed by atoms with Gasteiger partial charge in [0.05, 0.1) is 6.42 Å². The molecule has 4 heterocycles. The number of thiophene rings is 2. The van der Waals surface area contributed by atoms with Crippen LogP contribution >= 0.6 is 22.7 Å². The standard InChI is InChI=1S/C17H17N3O2S2/c21-15(9-12-3-7-23-10-12)20-5-1-13(2-6-20)16-18-19-17(22-16)14-4-8-24-11-14/h3-4,7-8,10-11,13H,1-2,5-6,9H2. The Kier molecular flexibility index (Phi) is 4.44. The minimum atomic E-state index is 0.205. The Bertz CT molecular complexity index is 788. The van der Waals surface area contributed by atoms with Gasteiger partial charge in [-0.25, -0.2) is 0 Å². The molecule has 5 nitrogen and oxygen atoms in total. The largest absolute Gasteiger partial charge is 0.420 e.